The molecule has 0 unspecified atom stereocenters. The molecule has 1 atom stereocenters. The summed E-state index contributed by atoms with van der Waals surface area (Å²) in [7, 11) is -3.60. The molecule has 0 aliphatic carbocycles. The zero-order valence-electron chi connectivity index (χ0n) is 14.0. The van der Waals surface area contributed by atoms with Gasteiger partial charge in [-0.25, -0.2) is 8.42 Å². The summed E-state index contributed by atoms with van der Waals surface area (Å²) >= 11 is 0. The second kappa shape index (κ2) is 5.79. The molecule has 2 aromatic heterocycles. The molecule has 7 heteroatoms. The van der Waals surface area contributed by atoms with Crippen LogP contribution < -0.4 is 0 Å². The lowest BCUT2D eigenvalue weighted by atomic mass is 10.2. The number of sulfonamides is 1. The summed E-state index contributed by atoms with van der Waals surface area (Å²) in [6.07, 6.45) is 3.20. The Bertz CT molecular complexity index is 791. The highest BCUT2D eigenvalue weighted by atomic mass is 32.2. The fourth-order valence-corrected chi connectivity index (χ4v) is 5.46. The molecule has 126 valence electrons. The van der Waals surface area contributed by atoms with Crippen molar-refractivity contribution in [3.63, 3.8) is 0 Å². The van der Waals surface area contributed by atoms with Gasteiger partial charge in [0, 0.05) is 12.6 Å². The molecule has 0 aromatic carbocycles. The van der Waals surface area contributed by atoms with Gasteiger partial charge in [0.25, 0.3) is 0 Å². The molecule has 2 aromatic rings. The Morgan fingerprint density at radius 2 is 2.09 bits per heavy atom. The predicted octanol–water partition coefficient (Wildman–Crippen LogP) is 3.20. The molecule has 1 fully saturated rings. The summed E-state index contributed by atoms with van der Waals surface area (Å²) < 4.78 is 35.3. The lowest BCUT2D eigenvalue weighted by Gasteiger charge is -2.22. The third kappa shape index (κ3) is 2.61. The van der Waals surface area contributed by atoms with Crippen LogP contribution in [0.3, 0.4) is 0 Å². The van der Waals surface area contributed by atoms with E-state index in [0.29, 0.717) is 28.6 Å². The van der Waals surface area contributed by atoms with Crippen molar-refractivity contribution in [3.8, 4) is 0 Å². The molecule has 0 radical (unpaired) electrons. The number of aryl methyl sites for hydroxylation is 1. The second-order valence-corrected chi connectivity index (χ2v) is 8.15. The van der Waals surface area contributed by atoms with Gasteiger partial charge in [-0.2, -0.15) is 9.40 Å². The van der Waals surface area contributed by atoms with E-state index in [4.69, 9.17) is 4.42 Å². The van der Waals surface area contributed by atoms with Gasteiger partial charge in [0.2, 0.25) is 10.0 Å². The molecule has 0 saturated carbocycles. The molecule has 1 aliphatic rings. The van der Waals surface area contributed by atoms with Gasteiger partial charge in [-0.05, 0) is 52.7 Å². The highest BCUT2D eigenvalue weighted by Crippen LogP contribution is 2.38. The maximum Gasteiger partial charge on any atom is 0.247 e. The van der Waals surface area contributed by atoms with Gasteiger partial charge in [0.1, 0.15) is 10.7 Å². The van der Waals surface area contributed by atoms with E-state index in [2.05, 4.69) is 5.10 Å². The van der Waals surface area contributed by atoms with Gasteiger partial charge in [-0.15, -0.1) is 0 Å². The summed E-state index contributed by atoms with van der Waals surface area (Å²) in [5.41, 5.74) is 1.25. The van der Waals surface area contributed by atoms with Crippen molar-refractivity contribution in [2.75, 3.05) is 6.54 Å². The highest BCUT2D eigenvalue weighted by Gasteiger charge is 2.40. The molecule has 1 aliphatic heterocycles. The van der Waals surface area contributed by atoms with Crippen molar-refractivity contribution in [1.82, 2.24) is 14.1 Å². The van der Waals surface area contributed by atoms with Gasteiger partial charge in [0.15, 0.2) is 0 Å². The predicted molar refractivity (Wildman–Crippen MR) is 86.7 cm³/mol. The summed E-state index contributed by atoms with van der Waals surface area (Å²) in [6.45, 7) is 8.09. The minimum absolute atomic E-state index is 0.122. The highest BCUT2D eigenvalue weighted by molar-refractivity contribution is 7.89. The van der Waals surface area contributed by atoms with Crippen LogP contribution in [0, 0.1) is 13.8 Å². The van der Waals surface area contributed by atoms with E-state index in [1.807, 2.05) is 26.8 Å². The smallest absolute Gasteiger partial charge is 0.247 e. The first kappa shape index (κ1) is 16.3. The van der Waals surface area contributed by atoms with Crippen LogP contribution in [-0.4, -0.2) is 29.0 Å². The van der Waals surface area contributed by atoms with Gasteiger partial charge in [-0.1, -0.05) is 0 Å². The third-order valence-electron chi connectivity index (χ3n) is 4.39. The first-order chi connectivity index (χ1) is 10.8. The summed E-state index contributed by atoms with van der Waals surface area (Å²) in [4.78, 5) is 0.338. The Hall–Kier alpha value is -1.60. The van der Waals surface area contributed by atoms with Crippen molar-refractivity contribution in [2.24, 2.45) is 0 Å². The third-order valence-corrected chi connectivity index (χ3v) is 6.55. The largest absolute Gasteiger partial charge is 0.468 e. The molecule has 23 heavy (non-hydrogen) atoms. The van der Waals surface area contributed by atoms with E-state index in [-0.39, 0.29) is 12.1 Å². The minimum Gasteiger partial charge on any atom is -0.468 e. The van der Waals surface area contributed by atoms with E-state index in [1.54, 1.807) is 28.2 Å². The van der Waals surface area contributed by atoms with E-state index in [9.17, 15) is 8.42 Å². The van der Waals surface area contributed by atoms with Crippen LogP contribution >= 0.6 is 0 Å². The van der Waals surface area contributed by atoms with Gasteiger partial charge < -0.3 is 4.42 Å². The van der Waals surface area contributed by atoms with Crippen LogP contribution in [0.25, 0.3) is 0 Å². The summed E-state index contributed by atoms with van der Waals surface area (Å²) in [5, 5.41) is 4.42. The Balaban J connectivity index is 2.05. The van der Waals surface area contributed by atoms with E-state index < -0.39 is 10.0 Å². The molecular weight excluding hydrogens is 314 g/mol. The van der Waals surface area contributed by atoms with Crippen molar-refractivity contribution in [1.29, 1.82) is 0 Å². The summed E-state index contributed by atoms with van der Waals surface area (Å²) in [5.74, 6) is 0.706. The molecule has 1 saturated heterocycles. The Morgan fingerprint density at radius 3 is 2.65 bits per heavy atom. The quantitative estimate of drug-likeness (QED) is 0.859. The Kier molecular flexibility index (Phi) is 4.10. The van der Waals surface area contributed by atoms with Gasteiger partial charge >= 0.3 is 0 Å². The van der Waals surface area contributed by atoms with Crippen LogP contribution in [0.4, 0.5) is 0 Å². The maximum atomic E-state index is 13.2. The number of hydrogen-bond donors (Lipinski definition) is 0. The molecule has 0 N–H and O–H groups in total. The standard InChI is InChI=1S/C16H23N3O3S/c1-11(2)19-13(4)16(12(3)17-19)23(20,21)18-9-5-7-14(18)15-8-6-10-22-15/h6,8,10-11,14H,5,7,9H2,1-4H3/t14-/m0/s1. The lowest BCUT2D eigenvalue weighted by Crippen LogP contribution is -2.31. The number of nitrogens with zero attached hydrogens (tertiary/aromatic N) is 3. The Morgan fingerprint density at radius 1 is 1.35 bits per heavy atom. The van der Waals surface area contributed by atoms with Gasteiger partial charge in [0.05, 0.1) is 23.7 Å². The van der Waals surface area contributed by atoms with Crippen molar-refractivity contribution < 1.29 is 12.8 Å². The van der Waals surface area contributed by atoms with Crippen LogP contribution in [-0.2, 0) is 10.0 Å². The second-order valence-electron chi connectivity index (χ2n) is 6.33. The average Bonchev–Trinajstić information content (AvgIpc) is 3.16. The number of rotatable bonds is 4. The van der Waals surface area contributed by atoms with Gasteiger partial charge in [-0.3, -0.25) is 4.68 Å². The first-order valence-electron chi connectivity index (χ1n) is 7.95. The molecular formula is C16H23N3O3S. The molecule has 0 bridgehead atoms. The normalized spacial score (nSPS) is 19.8. The zero-order chi connectivity index (χ0) is 16.8. The zero-order valence-corrected chi connectivity index (χ0v) is 14.8. The SMILES string of the molecule is Cc1nn(C(C)C)c(C)c1S(=O)(=O)N1CCC[C@H]1c1ccco1. The number of hydrogen-bond acceptors (Lipinski definition) is 4. The van der Waals surface area contributed by atoms with Crippen molar-refractivity contribution in [3.05, 3.63) is 35.5 Å². The van der Waals surface area contributed by atoms with E-state index in [1.165, 1.54) is 0 Å². The summed E-state index contributed by atoms with van der Waals surface area (Å²) in [6, 6.07) is 3.54. The van der Waals surface area contributed by atoms with E-state index in [0.717, 1.165) is 12.8 Å². The topological polar surface area (TPSA) is 68.3 Å². The van der Waals surface area contributed by atoms with E-state index >= 15 is 0 Å². The fraction of sp³-hybridized carbons (Fsp3) is 0.562. The minimum atomic E-state index is -3.60. The molecule has 3 rings (SSSR count). The molecule has 0 spiro atoms. The van der Waals surface area contributed by atoms with Crippen molar-refractivity contribution in [2.45, 2.75) is 57.5 Å². The maximum absolute atomic E-state index is 13.2. The molecule has 6 nitrogen and oxygen atoms in total. The van der Waals surface area contributed by atoms with Crippen LogP contribution in [0.5, 0.6) is 0 Å². The Labute approximate surface area is 137 Å². The first-order valence-corrected chi connectivity index (χ1v) is 9.39. The average molecular weight is 337 g/mol. The molecule has 3 heterocycles. The number of aromatic nitrogens is 2. The molecule has 0 amide bonds. The lowest BCUT2D eigenvalue weighted by molar-refractivity contribution is 0.339. The fourth-order valence-electron chi connectivity index (χ4n) is 3.43. The van der Waals surface area contributed by atoms with Crippen LogP contribution in [0.2, 0.25) is 0 Å². The number of furan rings is 1. The van der Waals surface area contributed by atoms with Crippen LogP contribution in [0.15, 0.2) is 27.7 Å². The monoisotopic (exact) mass is 337 g/mol. The van der Waals surface area contributed by atoms with Crippen molar-refractivity contribution >= 4 is 10.0 Å². The van der Waals surface area contributed by atoms with Crippen LogP contribution in [0.1, 0.15) is 55.9 Å².